The summed E-state index contributed by atoms with van der Waals surface area (Å²) in [6, 6.07) is 8.17. The van der Waals surface area contributed by atoms with Gasteiger partial charge in [-0.2, -0.15) is 0 Å². The Morgan fingerprint density at radius 1 is 1.32 bits per heavy atom. The molecule has 0 amide bonds. The third kappa shape index (κ3) is 4.11. The lowest BCUT2D eigenvalue weighted by molar-refractivity contribution is 0.0459. The highest BCUT2D eigenvalue weighted by Gasteiger charge is 2.41. The molecule has 2 saturated heterocycles. The fourth-order valence-corrected chi connectivity index (χ4v) is 4.22. The van der Waals surface area contributed by atoms with Gasteiger partial charge in [-0.1, -0.05) is 6.07 Å². The number of ether oxygens (including phenoxy) is 1. The first kappa shape index (κ1) is 16.8. The largest absolute Gasteiger partial charge is 0.468 e. The molecular weight excluding hydrogens is 314 g/mol. The lowest BCUT2D eigenvalue weighted by Crippen LogP contribution is -2.44. The van der Waals surface area contributed by atoms with Crippen molar-refractivity contribution in [2.75, 3.05) is 33.3 Å². The van der Waals surface area contributed by atoms with E-state index in [9.17, 15) is 0 Å². The van der Waals surface area contributed by atoms with Crippen molar-refractivity contribution >= 4 is 0 Å². The molecule has 2 aliphatic rings. The first-order valence-corrected chi connectivity index (χ1v) is 9.22. The van der Waals surface area contributed by atoms with Crippen LogP contribution in [0.5, 0.6) is 0 Å². The maximum Gasteiger partial charge on any atom is 0.117 e. The van der Waals surface area contributed by atoms with Crippen LogP contribution in [-0.4, -0.2) is 54.2 Å². The van der Waals surface area contributed by atoms with E-state index in [0.717, 1.165) is 45.1 Å². The number of piperidine rings is 1. The molecule has 0 spiro atoms. The molecule has 2 fully saturated rings. The summed E-state index contributed by atoms with van der Waals surface area (Å²) in [6.07, 6.45) is 7.12. The van der Waals surface area contributed by atoms with Crippen LogP contribution in [0.4, 0.5) is 0 Å². The first-order chi connectivity index (χ1) is 12.3. The summed E-state index contributed by atoms with van der Waals surface area (Å²) >= 11 is 0. The van der Waals surface area contributed by atoms with Crippen LogP contribution in [0.1, 0.15) is 17.7 Å². The van der Waals surface area contributed by atoms with Gasteiger partial charge in [0.05, 0.1) is 25.5 Å². The quantitative estimate of drug-likeness (QED) is 0.808. The molecule has 2 aromatic heterocycles. The van der Waals surface area contributed by atoms with Crippen LogP contribution < -0.4 is 0 Å². The molecule has 0 aromatic carbocycles. The number of hydrogen-bond acceptors (Lipinski definition) is 5. The topological polar surface area (TPSA) is 41.7 Å². The third-order valence-corrected chi connectivity index (χ3v) is 5.52. The van der Waals surface area contributed by atoms with Crippen molar-refractivity contribution in [1.82, 2.24) is 14.8 Å². The lowest BCUT2D eigenvalue weighted by Gasteiger charge is -2.36. The molecule has 0 unspecified atom stereocenters. The van der Waals surface area contributed by atoms with E-state index in [1.165, 1.54) is 12.0 Å². The second-order valence-electron chi connectivity index (χ2n) is 7.46. The standard InChI is InChI=1S/C20H27N3O2/c1-22(12-18-5-3-9-24-18)14-20-19-13-23(8-6-17(19)15-25-20)11-16-4-2-7-21-10-16/h2-5,7,9-10,17,19-20H,6,8,11-15H2,1H3/t17-,19-,20+/m1/s1. The van der Waals surface area contributed by atoms with E-state index in [2.05, 4.69) is 27.9 Å². The van der Waals surface area contributed by atoms with Gasteiger partial charge in [-0.3, -0.25) is 14.8 Å². The summed E-state index contributed by atoms with van der Waals surface area (Å²) in [5.74, 6) is 2.36. The minimum atomic E-state index is 0.321. The fraction of sp³-hybridized carbons (Fsp3) is 0.550. The van der Waals surface area contributed by atoms with Crippen LogP contribution in [0.25, 0.3) is 0 Å². The summed E-state index contributed by atoms with van der Waals surface area (Å²) in [4.78, 5) is 9.11. The molecule has 4 rings (SSSR count). The Morgan fingerprint density at radius 3 is 3.08 bits per heavy atom. The van der Waals surface area contributed by atoms with Gasteiger partial charge in [0.1, 0.15) is 5.76 Å². The molecule has 25 heavy (non-hydrogen) atoms. The summed E-state index contributed by atoms with van der Waals surface area (Å²) in [6.45, 7) is 6.00. The molecule has 5 heteroatoms. The van der Waals surface area contributed by atoms with E-state index in [4.69, 9.17) is 9.15 Å². The van der Waals surface area contributed by atoms with Gasteiger partial charge in [0.15, 0.2) is 0 Å². The normalized spacial score (nSPS) is 26.9. The molecule has 2 aromatic rings. The number of furan rings is 1. The summed E-state index contributed by atoms with van der Waals surface area (Å²) in [5, 5.41) is 0. The van der Waals surface area contributed by atoms with Crippen molar-refractivity contribution in [2.45, 2.75) is 25.6 Å². The zero-order valence-electron chi connectivity index (χ0n) is 14.9. The molecule has 0 N–H and O–H groups in total. The Bertz CT molecular complexity index is 646. The fourth-order valence-electron chi connectivity index (χ4n) is 4.22. The molecule has 2 aliphatic heterocycles. The number of likely N-dealkylation sites (N-methyl/N-ethyl adjacent to an activating group) is 1. The second kappa shape index (κ2) is 7.68. The zero-order valence-corrected chi connectivity index (χ0v) is 14.9. The van der Waals surface area contributed by atoms with Gasteiger partial charge in [0, 0.05) is 37.9 Å². The Labute approximate surface area is 149 Å². The van der Waals surface area contributed by atoms with Crippen LogP contribution in [0.2, 0.25) is 0 Å². The zero-order chi connectivity index (χ0) is 17.1. The summed E-state index contributed by atoms with van der Waals surface area (Å²) < 4.78 is 11.6. The number of nitrogens with zero attached hydrogens (tertiary/aromatic N) is 3. The third-order valence-electron chi connectivity index (χ3n) is 5.52. The molecule has 0 bridgehead atoms. The average molecular weight is 341 g/mol. The Kier molecular flexibility index (Phi) is 5.15. The number of pyridine rings is 1. The molecule has 134 valence electrons. The molecule has 0 radical (unpaired) electrons. The monoisotopic (exact) mass is 341 g/mol. The molecule has 3 atom stereocenters. The number of rotatable bonds is 6. The van der Waals surface area contributed by atoms with Crippen molar-refractivity contribution in [3.8, 4) is 0 Å². The predicted molar refractivity (Wildman–Crippen MR) is 95.9 cm³/mol. The number of hydrogen-bond donors (Lipinski definition) is 0. The average Bonchev–Trinajstić information content (AvgIpc) is 3.26. The maximum absolute atomic E-state index is 6.18. The maximum atomic E-state index is 6.18. The minimum absolute atomic E-state index is 0.321. The minimum Gasteiger partial charge on any atom is -0.468 e. The van der Waals surface area contributed by atoms with Gasteiger partial charge in [0.25, 0.3) is 0 Å². The highest BCUT2D eigenvalue weighted by Crippen LogP contribution is 2.35. The van der Waals surface area contributed by atoms with Crippen LogP contribution in [0.3, 0.4) is 0 Å². The van der Waals surface area contributed by atoms with E-state index in [1.807, 2.05) is 30.6 Å². The highest BCUT2D eigenvalue weighted by atomic mass is 16.5. The van der Waals surface area contributed by atoms with Gasteiger partial charge in [-0.25, -0.2) is 0 Å². The van der Waals surface area contributed by atoms with E-state index >= 15 is 0 Å². The van der Waals surface area contributed by atoms with Crippen molar-refractivity contribution in [3.63, 3.8) is 0 Å². The van der Waals surface area contributed by atoms with Gasteiger partial charge in [0.2, 0.25) is 0 Å². The number of fused-ring (bicyclic) bond motifs is 1. The predicted octanol–water partition coefficient (Wildman–Crippen LogP) is 2.64. The van der Waals surface area contributed by atoms with Crippen LogP contribution in [0.15, 0.2) is 47.3 Å². The summed E-state index contributed by atoms with van der Waals surface area (Å²) in [5.41, 5.74) is 1.30. The van der Waals surface area contributed by atoms with Crippen LogP contribution >= 0.6 is 0 Å². The van der Waals surface area contributed by atoms with Crippen molar-refractivity contribution < 1.29 is 9.15 Å². The van der Waals surface area contributed by atoms with Gasteiger partial charge in [-0.05, 0) is 49.7 Å². The van der Waals surface area contributed by atoms with Crippen LogP contribution in [-0.2, 0) is 17.8 Å². The molecule has 0 aliphatic carbocycles. The van der Waals surface area contributed by atoms with Gasteiger partial charge < -0.3 is 9.15 Å². The van der Waals surface area contributed by atoms with Gasteiger partial charge >= 0.3 is 0 Å². The Balaban J connectivity index is 1.33. The van der Waals surface area contributed by atoms with E-state index in [0.29, 0.717) is 17.9 Å². The Hall–Kier alpha value is -1.69. The summed E-state index contributed by atoms with van der Waals surface area (Å²) in [7, 11) is 2.15. The molecule has 5 nitrogen and oxygen atoms in total. The van der Waals surface area contributed by atoms with Crippen molar-refractivity contribution in [3.05, 3.63) is 54.2 Å². The Morgan fingerprint density at radius 2 is 2.28 bits per heavy atom. The molecule has 4 heterocycles. The first-order valence-electron chi connectivity index (χ1n) is 9.22. The second-order valence-corrected chi connectivity index (χ2v) is 7.46. The number of likely N-dealkylation sites (tertiary alicyclic amines) is 1. The molecular formula is C20H27N3O2. The van der Waals surface area contributed by atoms with E-state index < -0.39 is 0 Å². The van der Waals surface area contributed by atoms with Crippen molar-refractivity contribution in [1.29, 1.82) is 0 Å². The van der Waals surface area contributed by atoms with E-state index in [1.54, 1.807) is 6.26 Å². The number of aromatic nitrogens is 1. The smallest absolute Gasteiger partial charge is 0.117 e. The van der Waals surface area contributed by atoms with Crippen LogP contribution in [0, 0.1) is 11.8 Å². The van der Waals surface area contributed by atoms with Gasteiger partial charge in [-0.15, -0.1) is 0 Å². The lowest BCUT2D eigenvalue weighted by atomic mass is 9.84. The highest BCUT2D eigenvalue weighted by molar-refractivity contribution is 5.08. The van der Waals surface area contributed by atoms with Crippen molar-refractivity contribution in [2.24, 2.45) is 11.8 Å². The van der Waals surface area contributed by atoms with E-state index in [-0.39, 0.29) is 0 Å². The SMILES string of the molecule is CN(Cc1ccco1)C[C@@H]1OC[C@H]2CCN(Cc3cccnc3)C[C@H]21. The molecule has 0 saturated carbocycles.